The second kappa shape index (κ2) is 5.50. The van der Waals surface area contributed by atoms with Crippen molar-refractivity contribution in [2.45, 2.75) is 85.0 Å². The van der Waals surface area contributed by atoms with Crippen molar-refractivity contribution in [3.8, 4) is 0 Å². The first-order valence-corrected chi connectivity index (χ1v) is 10.3. The van der Waals surface area contributed by atoms with E-state index in [-0.39, 0.29) is 0 Å². The molecule has 0 N–H and O–H groups in total. The van der Waals surface area contributed by atoms with Crippen molar-refractivity contribution >= 4 is 0 Å². The Kier molecular flexibility index (Phi) is 3.82. The van der Waals surface area contributed by atoms with Gasteiger partial charge in [-0.15, -0.1) is 0 Å². The molecule has 0 amide bonds. The molecule has 0 nitrogen and oxygen atoms in total. The average Bonchev–Trinajstić information content (AvgIpc) is 2.54. The van der Waals surface area contributed by atoms with Gasteiger partial charge in [-0.1, -0.05) is 37.6 Å². The maximum Gasteiger partial charge on any atom is -0.00854 e. The van der Waals surface area contributed by atoms with Gasteiger partial charge < -0.3 is 0 Å². The van der Waals surface area contributed by atoms with Crippen LogP contribution in [0.4, 0.5) is 0 Å². The zero-order chi connectivity index (χ0) is 16.2. The smallest absolute Gasteiger partial charge is 0.00854 e. The predicted octanol–water partition coefficient (Wildman–Crippen LogP) is 6.92. The van der Waals surface area contributed by atoms with Crippen LogP contribution in [0.15, 0.2) is 23.8 Å². The molecule has 0 heteroatoms. The fourth-order valence-corrected chi connectivity index (χ4v) is 7.68. The summed E-state index contributed by atoms with van der Waals surface area (Å²) in [7, 11) is 0. The lowest BCUT2D eigenvalue weighted by Gasteiger charge is -2.62. The lowest BCUT2D eigenvalue weighted by atomic mass is 9.42. The molecule has 0 spiro atoms. The van der Waals surface area contributed by atoms with Crippen molar-refractivity contribution in [3.05, 3.63) is 23.8 Å². The second-order valence-corrected chi connectivity index (χ2v) is 9.77. The van der Waals surface area contributed by atoms with Crippen LogP contribution in [0.2, 0.25) is 0 Å². The Balaban J connectivity index is 1.65. The van der Waals surface area contributed by atoms with E-state index in [4.69, 9.17) is 0 Å². The standard InChI is InChI=1S/C23H36/c1-5-17-7-6-8-20-19-10-9-18-15-16(2)11-13-23(18,4)21(19)12-14-22(17,20)3/h5,18-21H,2,6-15H2,1,3-4H3/b17-5-. The van der Waals surface area contributed by atoms with Gasteiger partial charge in [-0.3, -0.25) is 0 Å². The lowest BCUT2D eigenvalue weighted by Crippen LogP contribution is -2.54. The Labute approximate surface area is 143 Å². The first-order valence-electron chi connectivity index (χ1n) is 10.3. The summed E-state index contributed by atoms with van der Waals surface area (Å²) in [6.45, 7) is 11.9. The van der Waals surface area contributed by atoms with E-state index in [0.717, 1.165) is 23.7 Å². The van der Waals surface area contributed by atoms with E-state index >= 15 is 0 Å². The molecular weight excluding hydrogens is 276 g/mol. The highest BCUT2D eigenvalue weighted by Gasteiger charge is 2.57. The number of rotatable bonds is 0. The molecular formula is C23H36. The van der Waals surface area contributed by atoms with Gasteiger partial charge in [0.1, 0.15) is 0 Å². The van der Waals surface area contributed by atoms with E-state index in [0.29, 0.717) is 10.8 Å². The summed E-state index contributed by atoms with van der Waals surface area (Å²) < 4.78 is 0. The molecule has 4 fully saturated rings. The van der Waals surface area contributed by atoms with E-state index in [9.17, 15) is 0 Å². The Morgan fingerprint density at radius 3 is 2.61 bits per heavy atom. The summed E-state index contributed by atoms with van der Waals surface area (Å²) in [6, 6.07) is 0. The van der Waals surface area contributed by atoms with E-state index in [1.54, 1.807) is 11.1 Å². The molecule has 4 aliphatic carbocycles. The molecule has 4 rings (SSSR count). The second-order valence-electron chi connectivity index (χ2n) is 9.77. The van der Waals surface area contributed by atoms with Crippen LogP contribution in [-0.4, -0.2) is 0 Å². The van der Waals surface area contributed by atoms with Crippen molar-refractivity contribution < 1.29 is 0 Å². The number of fused-ring (bicyclic) bond motifs is 5. The Morgan fingerprint density at radius 1 is 1.00 bits per heavy atom. The van der Waals surface area contributed by atoms with E-state index in [2.05, 4.69) is 33.4 Å². The normalized spacial score (nSPS) is 51.8. The molecule has 4 saturated carbocycles. The summed E-state index contributed by atoms with van der Waals surface area (Å²) in [4.78, 5) is 0. The molecule has 0 bridgehead atoms. The van der Waals surface area contributed by atoms with Gasteiger partial charge in [0.05, 0.1) is 0 Å². The highest BCUT2D eigenvalue weighted by Crippen LogP contribution is 2.66. The van der Waals surface area contributed by atoms with Gasteiger partial charge in [0, 0.05) is 0 Å². The predicted molar refractivity (Wildman–Crippen MR) is 99.2 cm³/mol. The van der Waals surface area contributed by atoms with Crippen molar-refractivity contribution in [3.63, 3.8) is 0 Å². The summed E-state index contributed by atoms with van der Waals surface area (Å²) >= 11 is 0. The summed E-state index contributed by atoms with van der Waals surface area (Å²) in [5, 5.41) is 0. The van der Waals surface area contributed by atoms with Crippen LogP contribution in [0.5, 0.6) is 0 Å². The first-order chi connectivity index (χ1) is 11.0. The molecule has 6 atom stereocenters. The van der Waals surface area contributed by atoms with Crippen LogP contribution in [0.3, 0.4) is 0 Å². The number of hydrogen-bond donors (Lipinski definition) is 0. The third-order valence-corrected chi connectivity index (χ3v) is 9.05. The van der Waals surface area contributed by atoms with E-state index in [1.807, 2.05) is 0 Å². The van der Waals surface area contributed by atoms with Crippen LogP contribution < -0.4 is 0 Å². The molecule has 0 aromatic carbocycles. The molecule has 0 heterocycles. The topological polar surface area (TPSA) is 0 Å². The molecule has 0 saturated heterocycles. The molecule has 0 aromatic heterocycles. The summed E-state index contributed by atoms with van der Waals surface area (Å²) in [6.07, 6.45) is 16.8. The molecule has 0 radical (unpaired) electrons. The molecule has 0 aromatic rings. The Bertz CT molecular complexity index is 526. The minimum atomic E-state index is 0.537. The summed E-state index contributed by atoms with van der Waals surface area (Å²) in [5.74, 6) is 3.93. The highest BCUT2D eigenvalue weighted by atomic mass is 14.6. The third-order valence-electron chi connectivity index (χ3n) is 9.05. The largest absolute Gasteiger partial charge is 0.0999 e. The van der Waals surface area contributed by atoms with E-state index < -0.39 is 0 Å². The minimum absolute atomic E-state index is 0.537. The van der Waals surface area contributed by atoms with Crippen LogP contribution in [-0.2, 0) is 0 Å². The van der Waals surface area contributed by atoms with Crippen molar-refractivity contribution in [1.82, 2.24) is 0 Å². The molecule has 6 unspecified atom stereocenters. The monoisotopic (exact) mass is 312 g/mol. The minimum Gasteiger partial charge on any atom is -0.0999 e. The van der Waals surface area contributed by atoms with Crippen molar-refractivity contribution in [2.24, 2.45) is 34.5 Å². The van der Waals surface area contributed by atoms with Crippen LogP contribution in [0.1, 0.15) is 85.0 Å². The van der Waals surface area contributed by atoms with Crippen LogP contribution in [0.25, 0.3) is 0 Å². The van der Waals surface area contributed by atoms with Gasteiger partial charge in [0.25, 0.3) is 0 Å². The Morgan fingerprint density at radius 2 is 1.83 bits per heavy atom. The quantitative estimate of drug-likeness (QED) is 0.426. The zero-order valence-electron chi connectivity index (χ0n) is 15.7. The van der Waals surface area contributed by atoms with Gasteiger partial charge in [-0.05, 0) is 106 Å². The number of hydrogen-bond acceptors (Lipinski definition) is 0. The fraction of sp³-hybridized carbons (Fsp3) is 0.826. The maximum absolute atomic E-state index is 4.33. The fourth-order valence-electron chi connectivity index (χ4n) is 7.68. The van der Waals surface area contributed by atoms with Crippen molar-refractivity contribution in [1.29, 1.82) is 0 Å². The van der Waals surface area contributed by atoms with Gasteiger partial charge in [0.15, 0.2) is 0 Å². The highest BCUT2D eigenvalue weighted by molar-refractivity contribution is 5.22. The SMILES string of the molecule is C=C1CCC2(C)C(CCC3C4CCC/C(=C/C)C4(C)CCC32)C1. The molecule has 0 aliphatic heterocycles. The maximum atomic E-state index is 4.33. The van der Waals surface area contributed by atoms with Gasteiger partial charge >= 0.3 is 0 Å². The molecule has 23 heavy (non-hydrogen) atoms. The zero-order valence-corrected chi connectivity index (χ0v) is 15.7. The van der Waals surface area contributed by atoms with E-state index in [1.165, 1.54) is 64.2 Å². The number of allylic oxidation sites excluding steroid dienone is 3. The van der Waals surface area contributed by atoms with Gasteiger partial charge in [-0.2, -0.15) is 0 Å². The van der Waals surface area contributed by atoms with Crippen LogP contribution >= 0.6 is 0 Å². The van der Waals surface area contributed by atoms with Gasteiger partial charge in [-0.25, -0.2) is 0 Å². The molecule has 128 valence electrons. The molecule has 4 aliphatic rings. The Hall–Kier alpha value is -0.520. The average molecular weight is 313 g/mol. The van der Waals surface area contributed by atoms with Crippen LogP contribution in [0, 0.1) is 34.5 Å². The summed E-state index contributed by atoms with van der Waals surface area (Å²) in [5.41, 5.74) is 4.51. The first kappa shape index (κ1) is 16.0. The lowest BCUT2D eigenvalue weighted by molar-refractivity contribution is -0.104. The van der Waals surface area contributed by atoms with Crippen molar-refractivity contribution in [2.75, 3.05) is 0 Å². The third kappa shape index (κ3) is 2.23. The van der Waals surface area contributed by atoms with Gasteiger partial charge in [0.2, 0.25) is 0 Å².